The van der Waals surface area contributed by atoms with E-state index in [4.69, 9.17) is 16.3 Å². The second-order valence-corrected chi connectivity index (χ2v) is 4.83. The summed E-state index contributed by atoms with van der Waals surface area (Å²) in [6, 6.07) is 11.3. The fourth-order valence-corrected chi connectivity index (χ4v) is 2.04. The summed E-state index contributed by atoms with van der Waals surface area (Å²) in [4.78, 5) is 11.6. The Morgan fingerprint density at radius 1 is 1.29 bits per heavy atom. The SMILES string of the molecule is CCOC(=O)c1cccc(NCc2cc(Cl)ccc2F)c1. The first kappa shape index (κ1) is 15.3. The molecule has 0 unspecified atom stereocenters. The maximum atomic E-state index is 13.6. The highest BCUT2D eigenvalue weighted by atomic mass is 35.5. The summed E-state index contributed by atoms with van der Waals surface area (Å²) in [5, 5.41) is 3.54. The van der Waals surface area contributed by atoms with Crippen LogP contribution in [0.3, 0.4) is 0 Å². The summed E-state index contributed by atoms with van der Waals surface area (Å²) in [7, 11) is 0. The van der Waals surface area contributed by atoms with Crippen molar-refractivity contribution in [2.45, 2.75) is 13.5 Å². The van der Waals surface area contributed by atoms with Gasteiger partial charge in [0.2, 0.25) is 0 Å². The molecular formula is C16H15ClFNO2. The van der Waals surface area contributed by atoms with E-state index in [2.05, 4.69) is 5.32 Å². The number of nitrogens with one attached hydrogen (secondary N) is 1. The molecule has 21 heavy (non-hydrogen) atoms. The molecule has 2 aromatic carbocycles. The lowest BCUT2D eigenvalue weighted by Gasteiger charge is -2.09. The predicted octanol–water partition coefficient (Wildman–Crippen LogP) is 4.27. The van der Waals surface area contributed by atoms with Crippen LogP contribution in [-0.4, -0.2) is 12.6 Å². The number of benzene rings is 2. The van der Waals surface area contributed by atoms with Gasteiger partial charge in [-0.25, -0.2) is 9.18 Å². The van der Waals surface area contributed by atoms with Crippen LogP contribution >= 0.6 is 11.6 Å². The number of anilines is 1. The van der Waals surface area contributed by atoms with E-state index in [0.717, 1.165) is 0 Å². The number of carbonyl (C=O) groups excluding carboxylic acids is 1. The van der Waals surface area contributed by atoms with Gasteiger partial charge in [0.05, 0.1) is 12.2 Å². The molecule has 0 spiro atoms. The Labute approximate surface area is 127 Å². The Kier molecular flexibility index (Phi) is 5.17. The van der Waals surface area contributed by atoms with Gasteiger partial charge in [0, 0.05) is 22.8 Å². The van der Waals surface area contributed by atoms with Crippen LogP contribution in [0, 0.1) is 5.82 Å². The molecule has 0 radical (unpaired) electrons. The normalized spacial score (nSPS) is 10.2. The number of rotatable bonds is 5. The Morgan fingerprint density at radius 2 is 2.10 bits per heavy atom. The van der Waals surface area contributed by atoms with Crippen molar-refractivity contribution in [2.75, 3.05) is 11.9 Å². The van der Waals surface area contributed by atoms with Gasteiger partial charge < -0.3 is 10.1 Å². The summed E-state index contributed by atoms with van der Waals surface area (Å²) in [6.07, 6.45) is 0. The minimum absolute atomic E-state index is 0.276. The zero-order valence-corrected chi connectivity index (χ0v) is 12.3. The molecule has 0 fully saturated rings. The average Bonchev–Trinajstić information content (AvgIpc) is 2.49. The van der Waals surface area contributed by atoms with Crippen molar-refractivity contribution in [1.29, 1.82) is 0 Å². The molecule has 0 aliphatic rings. The first-order chi connectivity index (χ1) is 10.1. The van der Waals surface area contributed by atoms with Gasteiger partial charge in [-0.2, -0.15) is 0 Å². The highest BCUT2D eigenvalue weighted by Crippen LogP contribution is 2.17. The van der Waals surface area contributed by atoms with Gasteiger partial charge in [-0.15, -0.1) is 0 Å². The quantitative estimate of drug-likeness (QED) is 0.838. The number of carbonyl (C=O) groups is 1. The van der Waals surface area contributed by atoms with E-state index in [9.17, 15) is 9.18 Å². The molecule has 1 N–H and O–H groups in total. The van der Waals surface area contributed by atoms with Crippen molar-refractivity contribution in [3.63, 3.8) is 0 Å². The fraction of sp³-hybridized carbons (Fsp3) is 0.188. The topological polar surface area (TPSA) is 38.3 Å². The van der Waals surface area contributed by atoms with E-state index in [0.29, 0.717) is 28.4 Å². The van der Waals surface area contributed by atoms with Crippen LogP contribution in [0.1, 0.15) is 22.8 Å². The van der Waals surface area contributed by atoms with E-state index in [1.165, 1.54) is 12.1 Å². The largest absolute Gasteiger partial charge is 0.462 e. The number of halogens is 2. The maximum absolute atomic E-state index is 13.6. The standard InChI is InChI=1S/C16H15ClFNO2/c1-2-21-16(20)11-4-3-5-14(9-11)19-10-12-8-13(17)6-7-15(12)18/h3-9,19H,2,10H2,1H3. The Hall–Kier alpha value is -2.07. The maximum Gasteiger partial charge on any atom is 0.338 e. The van der Waals surface area contributed by atoms with Crippen LogP contribution in [0.25, 0.3) is 0 Å². The Bertz CT molecular complexity index is 646. The Morgan fingerprint density at radius 3 is 2.86 bits per heavy atom. The van der Waals surface area contributed by atoms with Crippen LogP contribution in [-0.2, 0) is 11.3 Å². The van der Waals surface area contributed by atoms with Gasteiger partial charge >= 0.3 is 5.97 Å². The summed E-state index contributed by atoms with van der Waals surface area (Å²) in [6.45, 7) is 2.35. The van der Waals surface area contributed by atoms with Crippen LogP contribution in [0.2, 0.25) is 5.02 Å². The highest BCUT2D eigenvalue weighted by molar-refractivity contribution is 6.30. The molecule has 0 atom stereocenters. The fourth-order valence-electron chi connectivity index (χ4n) is 1.85. The first-order valence-electron chi connectivity index (χ1n) is 6.55. The van der Waals surface area contributed by atoms with Crippen molar-refractivity contribution in [2.24, 2.45) is 0 Å². The van der Waals surface area contributed by atoms with E-state index in [1.807, 2.05) is 0 Å². The zero-order valence-electron chi connectivity index (χ0n) is 11.5. The molecule has 2 rings (SSSR count). The van der Waals surface area contributed by atoms with Crippen LogP contribution in [0.5, 0.6) is 0 Å². The number of ether oxygens (including phenoxy) is 1. The van der Waals surface area contributed by atoms with E-state index >= 15 is 0 Å². The number of esters is 1. The van der Waals surface area contributed by atoms with Crippen LogP contribution in [0.4, 0.5) is 10.1 Å². The van der Waals surface area contributed by atoms with E-state index < -0.39 is 0 Å². The van der Waals surface area contributed by atoms with Gasteiger partial charge in [0.1, 0.15) is 5.82 Å². The molecule has 0 bridgehead atoms. The van der Waals surface area contributed by atoms with E-state index in [-0.39, 0.29) is 18.3 Å². The lowest BCUT2D eigenvalue weighted by Crippen LogP contribution is -2.06. The van der Waals surface area contributed by atoms with Gasteiger partial charge in [0.15, 0.2) is 0 Å². The van der Waals surface area contributed by atoms with Gasteiger partial charge in [-0.05, 0) is 43.3 Å². The molecule has 0 aliphatic heterocycles. The minimum Gasteiger partial charge on any atom is -0.462 e. The monoisotopic (exact) mass is 307 g/mol. The lowest BCUT2D eigenvalue weighted by molar-refractivity contribution is 0.0526. The summed E-state index contributed by atoms with van der Waals surface area (Å²) in [5.41, 5.74) is 1.62. The lowest BCUT2D eigenvalue weighted by atomic mass is 10.1. The molecule has 2 aromatic rings. The van der Waals surface area contributed by atoms with Crippen molar-refractivity contribution in [3.8, 4) is 0 Å². The van der Waals surface area contributed by atoms with Crippen molar-refractivity contribution >= 4 is 23.3 Å². The highest BCUT2D eigenvalue weighted by Gasteiger charge is 2.07. The average molecular weight is 308 g/mol. The van der Waals surface area contributed by atoms with Crippen molar-refractivity contribution < 1.29 is 13.9 Å². The molecule has 3 nitrogen and oxygen atoms in total. The predicted molar refractivity (Wildman–Crippen MR) is 81.1 cm³/mol. The molecule has 0 saturated carbocycles. The van der Waals surface area contributed by atoms with Gasteiger partial charge in [-0.1, -0.05) is 17.7 Å². The number of hydrogen-bond acceptors (Lipinski definition) is 3. The second kappa shape index (κ2) is 7.09. The molecule has 110 valence electrons. The molecule has 0 saturated heterocycles. The molecule has 0 heterocycles. The third-order valence-corrected chi connectivity index (χ3v) is 3.10. The Balaban J connectivity index is 2.08. The second-order valence-electron chi connectivity index (χ2n) is 4.39. The van der Waals surface area contributed by atoms with Crippen LogP contribution < -0.4 is 5.32 Å². The van der Waals surface area contributed by atoms with Crippen molar-refractivity contribution in [1.82, 2.24) is 0 Å². The van der Waals surface area contributed by atoms with E-state index in [1.54, 1.807) is 37.3 Å². The van der Waals surface area contributed by atoms with Crippen molar-refractivity contribution in [3.05, 3.63) is 64.4 Å². The smallest absolute Gasteiger partial charge is 0.338 e. The summed E-state index contributed by atoms with van der Waals surface area (Å²) < 4.78 is 18.5. The minimum atomic E-state index is -0.380. The molecular weight excluding hydrogens is 293 g/mol. The molecule has 0 amide bonds. The first-order valence-corrected chi connectivity index (χ1v) is 6.93. The number of hydrogen-bond donors (Lipinski definition) is 1. The zero-order chi connectivity index (χ0) is 15.2. The third kappa shape index (κ3) is 4.20. The summed E-state index contributed by atoms with van der Waals surface area (Å²) in [5.74, 6) is -0.705. The molecule has 0 aliphatic carbocycles. The molecule has 0 aromatic heterocycles. The van der Waals surface area contributed by atoms with Crippen LogP contribution in [0.15, 0.2) is 42.5 Å². The van der Waals surface area contributed by atoms with Gasteiger partial charge in [-0.3, -0.25) is 0 Å². The molecule has 5 heteroatoms. The summed E-state index contributed by atoms with van der Waals surface area (Å²) >= 11 is 5.84. The third-order valence-electron chi connectivity index (χ3n) is 2.86. The van der Waals surface area contributed by atoms with Gasteiger partial charge in [0.25, 0.3) is 0 Å².